The van der Waals surface area contributed by atoms with Crippen molar-refractivity contribution >= 4 is 27.6 Å². The van der Waals surface area contributed by atoms with Crippen molar-refractivity contribution in [3.63, 3.8) is 0 Å². The molecule has 5 rings (SSSR count). The Bertz CT molecular complexity index is 1420. The zero-order chi connectivity index (χ0) is 22.6. The molecular weight excluding hydrogens is 410 g/mol. The zero-order valence-corrected chi connectivity index (χ0v) is 18.2. The summed E-state index contributed by atoms with van der Waals surface area (Å²) in [6.07, 6.45) is 5.25. The molecule has 1 atom stereocenters. The van der Waals surface area contributed by atoms with Crippen LogP contribution in [-0.2, 0) is 6.61 Å². The third-order valence-electron chi connectivity index (χ3n) is 5.71. The van der Waals surface area contributed by atoms with Gasteiger partial charge in [-0.25, -0.2) is 0 Å². The second-order valence-corrected chi connectivity index (χ2v) is 7.96. The lowest BCUT2D eigenvalue weighted by Gasteiger charge is -2.16. The average Bonchev–Trinajstić information content (AvgIpc) is 2.88. The molecule has 0 aliphatic rings. The van der Waals surface area contributed by atoms with Crippen molar-refractivity contribution in [3.05, 3.63) is 114 Å². The van der Waals surface area contributed by atoms with Gasteiger partial charge in [0, 0.05) is 29.5 Å². The maximum absolute atomic E-state index is 13.2. The first-order valence-electron chi connectivity index (χ1n) is 10.9. The Morgan fingerprint density at radius 2 is 1.73 bits per heavy atom. The second kappa shape index (κ2) is 9.09. The number of rotatable bonds is 6. The van der Waals surface area contributed by atoms with Crippen molar-refractivity contribution in [2.45, 2.75) is 19.6 Å². The van der Waals surface area contributed by atoms with Crippen molar-refractivity contribution in [2.75, 3.05) is 0 Å². The van der Waals surface area contributed by atoms with Crippen molar-refractivity contribution in [1.29, 1.82) is 0 Å². The van der Waals surface area contributed by atoms with Crippen LogP contribution in [0.4, 0.5) is 0 Å². The molecule has 0 saturated heterocycles. The van der Waals surface area contributed by atoms with E-state index in [0.717, 1.165) is 33.0 Å². The van der Waals surface area contributed by atoms with Crippen LogP contribution in [0.1, 0.15) is 34.5 Å². The number of carbonyl (C=O) groups excluding carboxylic acids is 1. The third kappa shape index (κ3) is 4.39. The van der Waals surface area contributed by atoms with E-state index in [1.165, 1.54) is 0 Å². The van der Waals surface area contributed by atoms with Gasteiger partial charge in [-0.05, 0) is 53.6 Å². The van der Waals surface area contributed by atoms with E-state index in [1.807, 2.05) is 79.7 Å². The molecule has 162 valence electrons. The topological polar surface area (TPSA) is 64.1 Å². The monoisotopic (exact) mass is 433 g/mol. The summed E-state index contributed by atoms with van der Waals surface area (Å²) in [5, 5.41) is 6.20. The zero-order valence-electron chi connectivity index (χ0n) is 18.2. The van der Waals surface area contributed by atoms with Gasteiger partial charge in [0.15, 0.2) is 0 Å². The van der Waals surface area contributed by atoms with Crippen molar-refractivity contribution in [2.24, 2.45) is 0 Å². The molecular formula is C28H23N3O2. The largest absolute Gasteiger partial charge is 0.489 e. The van der Waals surface area contributed by atoms with Crippen LogP contribution in [0.2, 0.25) is 0 Å². The molecule has 0 radical (unpaired) electrons. The molecule has 5 aromatic rings. The second-order valence-electron chi connectivity index (χ2n) is 7.96. The Labute approximate surface area is 192 Å². The fraction of sp³-hybridized carbons (Fsp3) is 0.107. The first kappa shape index (κ1) is 20.6. The van der Waals surface area contributed by atoms with Crippen molar-refractivity contribution < 1.29 is 9.53 Å². The SMILES string of the molecule is CC(NC(=O)c1cc2ccccc2c2cccnc12)c1ccc(OCc2cccnc2)cc1. The Hall–Kier alpha value is -4.25. The molecule has 0 aliphatic heterocycles. The molecule has 5 nitrogen and oxygen atoms in total. The molecule has 0 spiro atoms. The summed E-state index contributed by atoms with van der Waals surface area (Å²) < 4.78 is 5.83. The van der Waals surface area contributed by atoms with Gasteiger partial charge in [0.2, 0.25) is 0 Å². The van der Waals surface area contributed by atoms with E-state index in [-0.39, 0.29) is 11.9 Å². The first-order chi connectivity index (χ1) is 16.2. The van der Waals surface area contributed by atoms with Crippen LogP contribution >= 0.6 is 0 Å². The minimum absolute atomic E-state index is 0.145. The highest BCUT2D eigenvalue weighted by Crippen LogP contribution is 2.28. The number of hydrogen-bond donors (Lipinski definition) is 1. The summed E-state index contributed by atoms with van der Waals surface area (Å²) in [6.45, 7) is 2.43. The predicted molar refractivity (Wildman–Crippen MR) is 130 cm³/mol. The molecule has 5 heteroatoms. The fourth-order valence-electron chi connectivity index (χ4n) is 3.96. The van der Waals surface area contributed by atoms with Gasteiger partial charge in [0.05, 0.1) is 17.1 Å². The van der Waals surface area contributed by atoms with Crippen LogP contribution in [-0.4, -0.2) is 15.9 Å². The number of fused-ring (bicyclic) bond motifs is 3. The number of aromatic nitrogens is 2. The van der Waals surface area contributed by atoms with Gasteiger partial charge < -0.3 is 10.1 Å². The smallest absolute Gasteiger partial charge is 0.253 e. The van der Waals surface area contributed by atoms with Crippen molar-refractivity contribution in [3.8, 4) is 5.75 Å². The lowest BCUT2D eigenvalue weighted by atomic mass is 10.00. The lowest BCUT2D eigenvalue weighted by Crippen LogP contribution is -2.27. The van der Waals surface area contributed by atoms with E-state index in [0.29, 0.717) is 17.7 Å². The molecule has 2 heterocycles. The Morgan fingerprint density at radius 1 is 0.939 bits per heavy atom. The maximum Gasteiger partial charge on any atom is 0.253 e. The van der Waals surface area contributed by atoms with Crippen LogP contribution in [0.25, 0.3) is 21.7 Å². The highest BCUT2D eigenvalue weighted by atomic mass is 16.5. The quantitative estimate of drug-likeness (QED) is 0.341. The van der Waals surface area contributed by atoms with Crippen LogP contribution in [0.3, 0.4) is 0 Å². The summed E-state index contributed by atoms with van der Waals surface area (Å²) in [5.74, 6) is 0.625. The Morgan fingerprint density at radius 3 is 2.55 bits per heavy atom. The number of benzene rings is 3. The maximum atomic E-state index is 13.2. The number of nitrogens with one attached hydrogen (secondary N) is 1. The minimum atomic E-state index is -0.171. The summed E-state index contributed by atoms with van der Waals surface area (Å²) in [5.41, 5.74) is 3.29. The van der Waals surface area contributed by atoms with E-state index in [1.54, 1.807) is 18.6 Å². The normalized spacial score (nSPS) is 11.9. The van der Waals surface area contributed by atoms with E-state index < -0.39 is 0 Å². The number of hydrogen-bond acceptors (Lipinski definition) is 4. The molecule has 0 bridgehead atoms. The van der Waals surface area contributed by atoms with E-state index in [4.69, 9.17) is 4.74 Å². The standard InChI is InChI=1S/C28H23N3O2/c1-19(21-10-12-23(13-11-21)33-18-20-6-4-14-29-17-20)31-28(32)26-16-22-7-2-3-8-24(22)25-9-5-15-30-27(25)26/h2-17,19H,18H2,1H3,(H,31,32). The summed E-state index contributed by atoms with van der Waals surface area (Å²) in [6, 6.07) is 25.4. The van der Waals surface area contributed by atoms with Crippen LogP contribution < -0.4 is 10.1 Å². The van der Waals surface area contributed by atoms with Crippen LogP contribution in [0.5, 0.6) is 5.75 Å². The Kier molecular flexibility index (Phi) is 5.68. The number of carbonyl (C=O) groups is 1. The molecule has 2 aromatic heterocycles. The molecule has 0 aliphatic carbocycles. The van der Waals surface area contributed by atoms with Gasteiger partial charge in [-0.1, -0.05) is 48.5 Å². The van der Waals surface area contributed by atoms with E-state index in [9.17, 15) is 4.79 Å². The van der Waals surface area contributed by atoms with Gasteiger partial charge in [-0.15, -0.1) is 0 Å². The highest BCUT2D eigenvalue weighted by Gasteiger charge is 2.17. The number of nitrogens with zero attached hydrogens (tertiary/aromatic N) is 2. The highest BCUT2D eigenvalue weighted by molar-refractivity contribution is 6.15. The number of amides is 1. The Balaban J connectivity index is 1.33. The van der Waals surface area contributed by atoms with Gasteiger partial charge in [-0.3, -0.25) is 14.8 Å². The van der Waals surface area contributed by atoms with Gasteiger partial charge >= 0.3 is 0 Å². The summed E-state index contributed by atoms with van der Waals surface area (Å²) in [7, 11) is 0. The van der Waals surface area contributed by atoms with Crippen molar-refractivity contribution in [1.82, 2.24) is 15.3 Å². The third-order valence-corrected chi connectivity index (χ3v) is 5.71. The molecule has 0 saturated carbocycles. The lowest BCUT2D eigenvalue weighted by molar-refractivity contribution is 0.0941. The fourth-order valence-corrected chi connectivity index (χ4v) is 3.96. The van der Waals surface area contributed by atoms with Crippen LogP contribution in [0, 0.1) is 0 Å². The average molecular weight is 434 g/mol. The first-order valence-corrected chi connectivity index (χ1v) is 10.9. The molecule has 1 amide bonds. The van der Waals surface area contributed by atoms with Crippen LogP contribution in [0.15, 0.2) is 97.5 Å². The van der Waals surface area contributed by atoms with E-state index in [2.05, 4.69) is 21.4 Å². The molecule has 0 fully saturated rings. The van der Waals surface area contributed by atoms with Gasteiger partial charge in [-0.2, -0.15) is 0 Å². The molecule has 1 unspecified atom stereocenters. The minimum Gasteiger partial charge on any atom is -0.489 e. The number of pyridine rings is 2. The summed E-state index contributed by atoms with van der Waals surface area (Å²) >= 11 is 0. The van der Waals surface area contributed by atoms with Gasteiger partial charge in [0.1, 0.15) is 12.4 Å². The number of ether oxygens (including phenoxy) is 1. The predicted octanol–water partition coefficient (Wildman–Crippen LogP) is 5.85. The molecule has 3 aromatic carbocycles. The van der Waals surface area contributed by atoms with E-state index >= 15 is 0 Å². The summed E-state index contributed by atoms with van der Waals surface area (Å²) in [4.78, 5) is 21.8. The molecule has 33 heavy (non-hydrogen) atoms. The molecule has 1 N–H and O–H groups in total. The van der Waals surface area contributed by atoms with Gasteiger partial charge in [0.25, 0.3) is 5.91 Å².